The van der Waals surface area contributed by atoms with Crippen molar-refractivity contribution in [2.24, 2.45) is 11.8 Å². The van der Waals surface area contributed by atoms with Crippen molar-refractivity contribution in [2.75, 3.05) is 13.7 Å². The molecule has 1 rings (SSSR count). The van der Waals surface area contributed by atoms with Crippen LogP contribution in [-0.4, -0.2) is 25.3 Å². The van der Waals surface area contributed by atoms with Gasteiger partial charge in [0, 0.05) is 12.6 Å². The molecule has 1 atom stereocenters. The average molecular weight is 227 g/mol. The van der Waals surface area contributed by atoms with Crippen LogP contribution in [0, 0.1) is 11.8 Å². The van der Waals surface area contributed by atoms with Crippen molar-refractivity contribution in [1.82, 2.24) is 5.32 Å². The fourth-order valence-electron chi connectivity index (χ4n) is 3.13. The first-order valence-electron chi connectivity index (χ1n) is 6.78. The monoisotopic (exact) mass is 227 g/mol. The van der Waals surface area contributed by atoms with Crippen LogP contribution in [0.3, 0.4) is 0 Å². The predicted molar refractivity (Wildman–Crippen MR) is 69.7 cm³/mol. The second-order valence-corrected chi connectivity index (χ2v) is 6.21. The van der Waals surface area contributed by atoms with Gasteiger partial charge in [-0.25, -0.2) is 0 Å². The molecule has 16 heavy (non-hydrogen) atoms. The van der Waals surface area contributed by atoms with Gasteiger partial charge in [-0.05, 0) is 44.6 Å². The highest BCUT2D eigenvalue weighted by atomic mass is 16.5. The lowest BCUT2D eigenvalue weighted by atomic mass is 9.78. The van der Waals surface area contributed by atoms with Crippen LogP contribution in [-0.2, 0) is 4.74 Å². The summed E-state index contributed by atoms with van der Waals surface area (Å²) in [4.78, 5) is 0. The van der Waals surface area contributed by atoms with E-state index < -0.39 is 0 Å². The fourth-order valence-corrected chi connectivity index (χ4v) is 3.13. The van der Waals surface area contributed by atoms with Crippen LogP contribution >= 0.6 is 0 Å². The zero-order valence-corrected chi connectivity index (χ0v) is 11.7. The second-order valence-electron chi connectivity index (χ2n) is 6.21. The van der Waals surface area contributed by atoms with Crippen LogP contribution in [0.1, 0.15) is 53.4 Å². The molecule has 1 aliphatic heterocycles. The lowest BCUT2D eigenvalue weighted by Crippen LogP contribution is -2.47. The molecule has 0 bridgehead atoms. The zero-order valence-electron chi connectivity index (χ0n) is 11.7. The minimum atomic E-state index is 0.133. The van der Waals surface area contributed by atoms with Gasteiger partial charge in [-0.3, -0.25) is 0 Å². The van der Waals surface area contributed by atoms with E-state index in [-0.39, 0.29) is 5.60 Å². The summed E-state index contributed by atoms with van der Waals surface area (Å²) in [7, 11) is 2.07. The highest BCUT2D eigenvalue weighted by molar-refractivity contribution is 4.91. The smallest absolute Gasteiger partial charge is 0.0702 e. The highest BCUT2D eigenvalue weighted by Gasteiger charge is 2.37. The Labute approximate surface area is 101 Å². The molecular formula is C14H29NO. The summed E-state index contributed by atoms with van der Waals surface area (Å²) in [5, 5.41) is 3.43. The van der Waals surface area contributed by atoms with Crippen molar-refractivity contribution in [3.05, 3.63) is 0 Å². The summed E-state index contributed by atoms with van der Waals surface area (Å²) < 4.78 is 6.18. The largest absolute Gasteiger partial charge is 0.375 e. The first-order valence-corrected chi connectivity index (χ1v) is 6.78. The van der Waals surface area contributed by atoms with Gasteiger partial charge in [0.15, 0.2) is 0 Å². The normalized spacial score (nSPS) is 25.3. The van der Waals surface area contributed by atoms with Crippen molar-refractivity contribution in [3.63, 3.8) is 0 Å². The van der Waals surface area contributed by atoms with Crippen molar-refractivity contribution >= 4 is 0 Å². The topological polar surface area (TPSA) is 21.3 Å². The maximum Gasteiger partial charge on any atom is 0.0702 e. The number of hydrogen-bond donors (Lipinski definition) is 1. The molecule has 1 aliphatic rings. The van der Waals surface area contributed by atoms with Crippen LogP contribution < -0.4 is 5.32 Å². The summed E-state index contributed by atoms with van der Waals surface area (Å²) in [6.07, 6.45) is 4.74. The fraction of sp³-hybridized carbons (Fsp3) is 1.00. The molecule has 0 aromatic heterocycles. The van der Waals surface area contributed by atoms with E-state index in [0.29, 0.717) is 17.9 Å². The van der Waals surface area contributed by atoms with E-state index in [1.807, 2.05) is 0 Å². The molecule has 0 aromatic carbocycles. The molecule has 2 nitrogen and oxygen atoms in total. The first-order chi connectivity index (χ1) is 7.47. The molecule has 0 aromatic rings. The van der Waals surface area contributed by atoms with Crippen LogP contribution in [0.5, 0.6) is 0 Å². The maximum atomic E-state index is 6.18. The molecule has 1 saturated heterocycles. The van der Waals surface area contributed by atoms with E-state index >= 15 is 0 Å². The summed E-state index contributed by atoms with van der Waals surface area (Å²) >= 11 is 0. The Morgan fingerprint density at radius 1 is 1.19 bits per heavy atom. The molecule has 1 fully saturated rings. The lowest BCUT2D eigenvalue weighted by molar-refractivity contribution is -0.110. The van der Waals surface area contributed by atoms with Gasteiger partial charge < -0.3 is 10.1 Å². The third kappa shape index (κ3) is 4.06. The maximum absolute atomic E-state index is 6.18. The van der Waals surface area contributed by atoms with E-state index in [1.165, 1.54) is 19.3 Å². The van der Waals surface area contributed by atoms with Crippen LogP contribution in [0.15, 0.2) is 0 Å². The average Bonchev–Trinajstić information content (AvgIpc) is 2.15. The van der Waals surface area contributed by atoms with Gasteiger partial charge >= 0.3 is 0 Å². The van der Waals surface area contributed by atoms with E-state index in [0.717, 1.165) is 13.0 Å². The molecule has 2 heteroatoms. The Balaban J connectivity index is 2.68. The predicted octanol–water partition coefficient (Wildman–Crippen LogP) is 3.22. The number of nitrogens with one attached hydrogen (secondary N) is 1. The molecular weight excluding hydrogens is 198 g/mol. The van der Waals surface area contributed by atoms with Gasteiger partial charge in [0.05, 0.1) is 5.60 Å². The molecule has 0 amide bonds. The van der Waals surface area contributed by atoms with Crippen LogP contribution in [0.4, 0.5) is 0 Å². The van der Waals surface area contributed by atoms with Gasteiger partial charge in [0.2, 0.25) is 0 Å². The minimum absolute atomic E-state index is 0.133. The third-order valence-corrected chi connectivity index (χ3v) is 3.46. The van der Waals surface area contributed by atoms with Crippen LogP contribution in [0.25, 0.3) is 0 Å². The second kappa shape index (κ2) is 6.02. The van der Waals surface area contributed by atoms with Crippen molar-refractivity contribution in [3.8, 4) is 0 Å². The standard InChI is InChI=1S/C14H29NO/c1-11(2)8-14(9-12(3)4)10-13(15-5)6-7-16-14/h11-13,15H,6-10H2,1-5H3. The molecule has 1 N–H and O–H groups in total. The number of hydrogen-bond acceptors (Lipinski definition) is 2. The highest BCUT2D eigenvalue weighted by Crippen LogP contribution is 2.36. The molecule has 1 heterocycles. The quantitative estimate of drug-likeness (QED) is 0.778. The summed E-state index contributed by atoms with van der Waals surface area (Å²) in [6, 6.07) is 0.645. The Hall–Kier alpha value is -0.0800. The van der Waals surface area contributed by atoms with Crippen LogP contribution in [0.2, 0.25) is 0 Å². The molecule has 0 radical (unpaired) electrons. The van der Waals surface area contributed by atoms with E-state index in [4.69, 9.17) is 4.74 Å². The van der Waals surface area contributed by atoms with E-state index in [2.05, 4.69) is 40.1 Å². The van der Waals surface area contributed by atoms with Gasteiger partial charge in [-0.15, -0.1) is 0 Å². The van der Waals surface area contributed by atoms with Gasteiger partial charge in [0.25, 0.3) is 0 Å². The third-order valence-electron chi connectivity index (χ3n) is 3.46. The SMILES string of the molecule is CNC1CCOC(CC(C)C)(CC(C)C)C1. The number of rotatable bonds is 5. The number of ether oxygens (including phenoxy) is 1. The van der Waals surface area contributed by atoms with Gasteiger partial charge in [0.1, 0.15) is 0 Å². The van der Waals surface area contributed by atoms with E-state index in [9.17, 15) is 0 Å². The minimum Gasteiger partial charge on any atom is -0.375 e. The van der Waals surface area contributed by atoms with Gasteiger partial charge in [-0.2, -0.15) is 0 Å². The lowest BCUT2D eigenvalue weighted by Gasteiger charge is -2.43. The molecule has 1 unspecified atom stereocenters. The van der Waals surface area contributed by atoms with Crippen molar-refractivity contribution in [1.29, 1.82) is 0 Å². The Morgan fingerprint density at radius 3 is 2.19 bits per heavy atom. The van der Waals surface area contributed by atoms with E-state index in [1.54, 1.807) is 0 Å². The molecule has 96 valence electrons. The Morgan fingerprint density at radius 2 is 1.75 bits per heavy atom. The van der Waals surface area contributed by atoms with Crippen molar-refractivity contribution in [2.45, 2.75) is 65.0 Å². The van der Waals surface area contributed by atoms with Crippen molar-refractivity contribution < 1.29 is 4.74 Å². The Bertz CT molecular complexity index is 191. The molecule has 0 aliphatic carbocycles. The molecule has 0 spiro atoms. The first kappa shape index (κ1) is 14.0. The molecule has 0 saturated carbocycles. The Kier molecular flexibility index (Phi) is 5.26. The summed E-state index contributed by atoms with van der Waals surface area (Å²) in [6.45, 7) is 10.1. The van der Waals surface area contributed by atoms with Gasteiger partial charge in [-0.1, -0.05) is 27.7 Å². The zero-order chi connectivity index (χ0) is 12.2. The summed E-state index contributed by atoms with van der Waals surface area (Å²) in [5.74, 6) is 1.43. The summed E-state index contributed by atoms with van der Waals surface area (Å²) in [5.41, 5.74) is 0.133.